The highest BCUT2D eigenvalue weighted by Gasteiger charge is 2.29. The van der Waals surface area contributed by atoms with Crippen molar-refractivity contribution >= 4 is 15.9 Å². The van der Waals surface area contributed by atoms with Crippen LogP contribution in [0.4, 0.5) is 0 Å². The molecule has 1 fully saturated rings. The van der Waals surface area contributed by atoms with E-state index < -0.39 is 10.0 Å². The minimum absolute atomic E-state index is 0.113. The number of nitriles is 1. The topological polar surface area (TPSA) is 107 Å². The van der Waals surface area contributed by atoms with Crippen molar-refractivity contribution < 1.29 is 22.4 Å². The van der Waals surface area contributed by atoms with Crippen LogP contribution in [0.1, 0.15) is 12.2 Å². The second-order valence-electron chi connectivity index (χ2n) is 7.16. The lowest BCUT2D eigenvalue weighted by molar-refractivity contribution is -0.133. The van der Waals surface area contributed by atoms with Crippen LogP contribution in [-0.4, -0.2) is 74.8 Å². The molecule has 10 heteroatoms. The number of sulfonamides is 1. The Kier molecular flexibility index (Phi) is 7.68. The third kappa shape index (κ3) is 5.85. The second kappa shape index (κ2) is 10.4. The van der Waals surface area contributed by atoms with Gasteiger partial charge in [-0.05, 0) is 36.4 Å². The molecule has 9 nitrogen and oxygen atoms in total. The molecule has 1 amide bonds. The third-order valence-electron chi connectivity index (χ3n) is 5.16. The van der Waals surface area contributed by atoms with Crippen molar-refractivity contribution in [3.63, 3.8) is 0 Å². The molecule has 0 unspecified atom stereocenters. The zero-order valence-corrected chi connectivity index (χ0v) is 18.3. The van der Waals surface area contributed by atoms with E-state index in [0.717, 1.165) is 0 Å². The largest absolute Gasteiger partial charge is 0.497 e. The van der Waals surface area contributed by atoms with Gasteiger partial charge in [0.25, 0.3) is 0 Å². The van der Waals surface area contributed by atoms with Gasteiger partial charge in [0.05, 0.1) is 43.8 Å². The molecule has 0 bridgehead atoms. The van der Waals surface area contributed by atoms with Crippen LogP contribution in [0.15, 0.2) is 52.0 Å². The number of hydrogen-bond donors (Lipinski definition) is 0. The van der Waals surface area contributed by atoms with Crippen molar-refractivity contribution in [3.8, 4) is 11.8 Å². The molecule has 2 heterocycles. The van der Waals surface area contributed by atoms with Gasteiger partial charge in [-0.15, -0.1) is 0 Å². The summed E-state index contributed by atoms with van der Waals surface area (Å²) in [6.07, 6.45) is 1.78. The molecule has 0 N–H and O–H groups in total. The van der Waals surface area contributed by atoms with Gasteiger partial charge in [-0.2, -0.15) is 9.57 Å². The zero-order valence-electron chi connectivity index (χ0n) is 17.4. The van der Waals surface area contributed by atoms with E-state index in [1.54, 1.807) is 35.4 Å². The molecule has 1 aromatic heterocycles. The summed E-state index contributed by atoms with van der Waals surface area (Å²) in [4.78, 5) is 16.5. The van der Waals surface area contributed by atoms with Crippen LogP contribution in [-0.2, 0) is 21.4 Å². The first-order chi connectivity index (χ1) is 14.9. The molecule has 0 saturated carbocycles. The van der Waals surface area contributed by atoms with E-state index in [1.165, 1.54) is 23.5 Å². The summed E-state index contributed by atoms with van der Waals surface area (Å²) in [6.45, 7) is 2.31. The summed E-state index contributed by atoms with van der Waals surface area (Å²) in [5.74, 6) is 1.14. The number of amides is 1. The summed E-state index contributed by atoms with van der Waals surface area (Å²) in [7, 11) is -2.07. The molecule has 0 radical (unpaired) electrons. The fraction of sp³-hybridized carbons (Fsp3) is 0.429. The minimum Gasteiger partial charge on any atom is -0.497 e. The highest BCUT2D eigenvalue weighted by molar-refractivity contribution is 7.89. The van der Waals surface area contributed by atoms with Crippen molar-refractivity contribution in [2.45, 2.75) is 17.9 Å². The molecule has 2 aromatic rings. The summed E-state index contributed by atoms with van der Waals surface area (Å²) >= 11 is 0. The summed E-state index contributed by atoms with van der Waals surface area (Å²) < 4.78 is 37.6. The predicted octanol–water partition coefficient (Wildman–Crippen LogP) is 1.54. The molecule has 1 aliphatic rings. The van der Waals surface area contributed by atoms with Gasteiger partial charge in [-0.25, -0.2) is 8.42 Å². The van der Waals surface area contributed by atoms with Gasteiger partial charge < -0.3 is 14.1 Å². The van der Waals surface area contributed by atoms with Gasteiger partial charge in [0.15, 0.2) is 0 Å². The Morgan fingerprint density at radius 2 is 1.90 bits per heavy atom. The molecular weight excluding hydrogens is 420 g/mol. The van der Waals surface area contributed by atoms with E-state index in [4.69, 9.17) is 14.4 Å². The first kappa shape index (κ1) is 22.8. The minimum atomic E-state index is -3.59. The van der Waals surface area contributed by atoms with Crippen molar-refractivity contribution in [2.75, 3.05) is 46.4 Å². The molecule has 0 spiro atoms. The quantitative estimate of drug-likeness (QED) is 0.575. The second-order valence-corrected chi connectivity index (χ2v) is 9.10. The number of carbonyl (C=O) groups excluding carboxylic acids is 1. The molecular formula is C21H26N4O5S. The van der Waals surface area contributed by atoms with Gasteiger partial charge >= 0.3 is 0 Å². The molecule has 31 heavy (non-hydrogen) atoms. The van der Waals surface area contributed by atoms with Crippen LogP contribution >= 0.6 is 0 Å². The van der Waals surface area contributed by atoms with Crippen molar-refractivity contribution in [1.82, 2.24) is 14.1 Å². The molecule has 1 saturated heterocycles. The number of furan rings is 1. The number of methoxy groups -OCH3 is 1. The Bertz CT molecular complexity index is 991. The maximum absolute atomic E-state index is 12.9. The lowest BCUT2D eigenvalue weighted by atomic mass is 10.3. The number of piperazine rings is 1. The Morgan fingerprint density at radius 1 is 1.19 bits per heavy atom. The van der Waals surface area contributed by atoms with E-state index >= 15 is 0 Å². The van der Waals surface area contributed by atoms with Crippen molar-refractivity contribution in [1.29, 1.82) is 5.26 Å². The van der Waals surface area contributed by atoms with Crippen LogP contribution in [0.3, 0.4) is 0 Å². The van der Waals surface area contributed by atoms with E-state index in [-0.39, 0.29) is 23.8 Å². The predicted molar refractivity (Wildman–Crippen MR) is 113 cm³/mol. The number of ether oxygens (including phenoxy) is 1. The van der Waals surface area contributed by atoms with E-state index in [0.29, 0.717) is 50.8 Å². The maximum Gasteiger partial charge on any atom is 0.243 e. The average molecular weight is 447 g/mol. The Balaban J connectivity index is 1.56. The third-order valence-corrected chi connectivity index (χ3v) is 7.07. The summed E-state index contributed by atoms with van der Waals surface area (Å²) in [5.41, 5.74) is 0. The van der Waals surface area contributed by atoms with Gasteiger partial charge in [0.2, 0.25) is 15.9 Å². The zero-order chi connectivity index (χ0) is 22.3. The first-order valence-electron chi connectivity index (χ1n) is 9.97. The van der Waals surface area contributed by atoms with Gasteiger partial charge in [0, 0.05) is 32.7 Å². The fourth-order valence-electron chi connectivity index (χ4n) is 3.38. The molecule has 0 atom stereocenters. The number of benzene rings is 1. The van der Waals surface area contributed by atoms with Crippen LogP contribution in [0.25, 0.3) is 0 Å². The van der Waals surface area contributed by atoms with Gasteiger partial charge in [-0.3, -0.25) is 9.69 Å². The maximum atomic E-state index is 12.9. The van der Waals surface area contributed by atoms with E-state index in [1.807, 2.05) is 4.90 Å². The van der Waals surface area contributed by atoms with Gasteiger partial charge in [0.1, 0.15) is 11.5 Å². The van der Waals surface area contributed by atoms with E-state index in [2.05, 4.69) is 6.07 Å². The first-order valence-corrected chi connectivity index (χ1v) is 11.4. The lowest BCUT2D eigenvalue weighted by Crippen LogP contribution is -2.51. The average Bonchev–Trinajstić information content (AvgIpc) is 3.30. The summed E-state index contributed by atoms with van der Waals surface area (Å²) in [5, 5.41) is 8.88. The normalized spacial score (nSPS) is 15.4. The van der Waals surface area contributed by atoms with Crippen molar-refractivity contribution in [3.05, 3.63) is 48.4 Å². The van der Waals surface area contributed by atoms with Crippen molar-refractivity contribution in [2.24, 2.45) is 0 Å². The Morgan fingerprint density at radius 3 is 2.48 bits per heavy atom. The smallest absolute Gasteiger partial charge is 0.243 e. The molecule has 3 rings (SSSR count). The van der Waals surface area contributed by atoms with Crippen LogP contribution in [0.2, 0.25) is 0 Å². The van der Waals surface area contributed by atoms with Crippen LogP contribution in [0, 0.1) is 11.3 Å². The molecule has 1 aliphatic heterocycles. The molecule has 166 valence electrons. The highest BCUT2D eigenvalue weighted by atomic mass is 32.2. The Labute approximate surface area is 182 Å². The number of nitrogens with zero attached hydrogens (tertiary/aromatic N) is 4. The SMILES string of the molecule is COc1ccc(S(=O)(=O)N2CCN(CC(=O)N(CCC#N)Cc3ccco3)CC2)cc1. The molecule has 0 aliphatic carbocycles. The fourth-order valence-corrected chi connectivity index (χ4v) is 4.81. The highest BCUT2D eigenvalue weighted by Crippen LogP contribution is 2.20. The van der Waals surface area contributed by atoms with Gasteiger partial charge in [-0.1, -0.05) is 0 Å². The molecule has 1 aromatic carbocycles. The number of hydrogen-bond acceptors (Lipinski definition) is 7. The lowest BCUT2D eigenvalue weighted by Gasteiger charge is -2.34. The van der Waals surface area contributed by atoms with E-state index in [9.17, 15) is 13.2 Å². The number of carbonyl (C=O) groups is 1. The van der Waals surface area contributed by atoms with Crippen LogP contribution < -0.4 is 4.74 Å². The summed E-state index contributed by atoms with van der Waals surface area (Å²) in [6, 6.07) is 11.9. The monoisotopic (exact) mass is 446 g/mol. The number of rotatable bonds is 9. The standard InChI is InChI=1S/C21H26N4O5S/c1-29-18-5-7-20(8-6-18)31(27,28)25-13-11-23(12-14-25)17-21(26)24(10-3-9-22)16-19-4-2-15-30-19/h2,4-8,15H,3,10-14,16-17H2,1H3. The van der Waals surface area contributed by atoms with Crippen LogP contribution in [0.5, 0.6) is 5.75 Å². The Hall–Kier alpha value is -2.87.